The summed E-state index contributed by atoms with van der Waals surface area (Å²) in [6.07, 6.45) is 1.51. The predicted molar refractivity (Wildman–Crippen MR) is 86.3 cm³/mol. The second-order valence-electron chi connectivity index (χ2n) is 4.82. The minimum Gasteiger partial charge on any atom is -0.497 e. The van der Waals surface area contributed by atoms with E-state index >= 15 is 0 Å². The highest BCUT2D eigenvalue weighted by molar-refractivity contribution is 6.33. The molecule has 1 heterocycles. The summed E-state index contributed by atoms with van der Waals surface area (Å²) in [4.78, 5) is 14.5. The summed E-state index contributed by atoms with van der Waals surface area (Å²) in [6, 6.07) is 7.68. The number of halogens is 1. The summed E-state index contributed by atoms with van der Waals surface area (Å²) < 4.78 is 6.77. The van der Waals surface area contributed by atoms with Gasteiger partial charge in [0.25, 0.3) is 5.91 Å². The fourth-order valence-corrected chi connectivity index (χ4v) is 2.47. The molecule has 5 nitrogen and oxygen atoms in total. The van der Waals surface area contributed by atoms with Crippen LogP contribution >= 0.6 is 11.6 Å². The lowest BCUT2D eigenvalue weighted by Crippen LogP contribution is -2.32. The summed E-state index contributed by atoms with van der Waals surface area (Å²) in [5, 5.41) is 4.51. The van der Waals surface area contributed by atoms with Crippen LogP contribution in [0.5, 0.6) is 5.75 Å². The number of nitrogens with zero attached hydrogens (tertiary/aromatic N) is 3. The fourth-order valence-electron chi connectivity index (χ4n) is 2.24. The normalized spacial score (nSPS) is 10.5. The molecule has 2 aromatic rings. The zero-order chi connectivity index (χ0) is 16.1. The number of aromatic nitrogens is 2. The number of benzene rings is 1. The van der Waals surface area contributed by atoms with Crippen LogP contribution in [0.25, 0.3) is 0 Å². The molecule has 118 valence electrons. The number of aryl methyl sites for hydroxylation is 1. The average Bonchev–Trinajstić information content (AvgIpc) is 2.93. The highest BCUT2D eigenvalue weighted by Crippen LogP contribution is 2.19. The third-order valence-corrected chi connectivity index (χ3v) is 3.77. The van der Waals surface area contributed by atoms with Crippen molar-refractivity contribution < 1.29 is 9.53 Å². The van der Waals surface area contributed by atoms with Crippen LogP contribution in [-0.4, -0.2) is 34.2 Å². The van der Waals surface area contributed by atoms with Crippen LogP contribution in [0.15, 0.2) is 30.5 Å². The van der Waals surface area contributed by atoms with Gasteiger partial charge >= 0.3 is 0 Å². The zero-order valence-electron chi connectivity index (χ0n) is 13.0. The van der Waals surface area contributed by atoms with E-state index < -0.39 is 0 Å². The Kier molecular flexibility index (Phi) is 5.44. The SMILES string of the molecule is CCN(Cc1ccc(OC)cc1)C(=O)c1c(Cl)cnn1CC. The van der Waals surface area contributed by atoms with Gasteiger partial charge in [-0.15, -0.1) is 0 Å². The van der Waals surface area contributed by atoms with Gasteiger partial charge in [0.1, 0.15) is 11.4 Å². The largest absolute Gasteiger partial charge is 0.497 e. The van der Waals surface area contributed by atoms with Gasteiger partial charge < -0.3 is 9.64 Å². The first-order valence-electron chi connectivity index (χ1n) is 7.24. The minimum atomic E-state index is -0.109. The van der Waals surface area contributed by atoms with Gasteiger partial charge in [0.15, 0.2) is 0 Å². The number of rotatable bonds is 6. The first kappa shape index (κ1) is 16.4. The summed E-state index contributed by atoms with van der Waals surface area (Å²) in [5.74, 6) is 0.688. The molecular formula is C16H20ClN3O2. The van der Waals surface area contributed by atoms with Crippen LogP contribution in [0, 0.1) is 0 Å². The number of hydrogen-bond donors (Lipinski definition) is 0. The molecule has 0 saturated carbocycles. The van der Waals surface area contributed by atoms with Gasteiger partial charge in [0, 0.05) is 19.6 Å². The molecule has 0 radical (unpaired) electrons. The van der Waals surface area contributed by atoms with E-state index in [2.05, 4.69) is 5.10 Å². The van der Waals surface area contributed by atoms with Gasteiger partial charge in [-0.3, -0.25) is 9.48 Å². The van der Waals surface area contributed by atoms with Gasteiger partial charge in [0.2, 0.25) is 0 Å². The van der Waals surface area contributed by atoms with Crippen LogP contribution in [0.4, 0.5) is 0 Å². The lowest BCUT2D eigenvalue weighted by Gasteiger charge is -2.21. The van der Waals surface area contributed by atoms with Crippen LogP contribution in [-0.2, 0) is 13.1 Å². The molecule has 0 saturated heterocycles. The number of carbonyl (C=O) groups excluding carboxylic acids is 1. The summed E-state index contributed by atoms with van der Waals surface area (Å²) in [7, 11) is 1.63. The number of ether oxygens (including phenoxy) is 1. The van der Waals surface area contributed by atoms with Gasteiger partial charge in [-0.05, 0) is 31.5 Å². The third-order valence-electron chi connectivity index (χ3n) is 3.50. The van der Waals surface area contributed by atoms with E-state index in [0.717, 1.165) is 11.3 Å². The van der Waals surface area contributed by atoms with Crippen LogP contribution in [0.3, 0.4) is 0 Å². The minimum absolute atomic E-state index is 0.109. The molecule has 0 atom stereocenters. The topological polar surface area (TPSA) is 47.4 Å². The average molecular weight is 322 g/mol. The third kappa shape index (κ3) is 3.42. The molecular weight excluding hydrogens is 302 g/mol. The first-order chi connectivity index (χ1) is 10.6. The maximum absolute atomic E-state index is 12.7. The first-order valence-corrected chi connectivity index (χ1v) is 7.62. The van der Waals surface area contributed by atoms with Crippen molar-refractivity contribution in [1.29, 1.82) is 0 Å². The van der Waals surface area contributed by atoms with Gasteiger partial charge in [-0.2, -0.15) is 5.10 Å². The van der Waals surface area contributed by atoms with Crippen molar-refractivity contribution in [3.05, 3.63) is 46.7 Å². The van der Waals surface area contributed by atoms with Crippen molar-refractivity contribution >= 4 is 17.5 Å². The maximum Gasteiger partial charge on any atom is 0.273 e. The summed E-state index contributed by atoms with van der Waals surface area (Å²) >= 11 is 6.11. The maximum atomic E-state index is 12.7. The van der Waals surface area contributed by atoms with Gasteiger partial charge in [-0.1, -0.05) is 23.7 Å². The zero-order valence-corrected chi connectivity index (χ0v) is 13.8. The van der Waals surface area contributed by atoms with Crippen molar-refractivity contribution in [3.63, 3.8) is 0 Å². The molecule has 0 spiro atoms. The number of hydrogen-bond acceptors (Lipinski definition) is 3. The molecule has 1 aromatic carbocycles. The Morgan fingerprint density at radius 2 is 2.00 bits per heavy atom. The van der Waals surface area contributed by atoms with Crippen LogP contribution < -0.4 is 4.74 Å². The quantitative estimate of drug-likeness (QED) is 0.820. The Labute approximate surface area is 135 Å². The van der Waals surface area contributed by atoms with Crippen molar-refractivity contribution in [1.82, 2.24) is 14.7 Å². The molecule has 0 aliphatic carbocycles. The molecule has 0 fully saturated rings. The van der Waals surface area contributed by atoms with Crippen molar-refractivity contribution in [2.45, 2.75) is 26.9 Å². The van der Waals surface area contributed by atoms with E-state index in [1.54, 1.807) is 16.7 Å². The lowest BCUT2D eigenvalue weighted by molar-refractivity contribution is 0.0740. The molecule has 0 aliphatic heterocycles. The molecule has 0 unspecified atom stereocenters. The van der Waals surface area contributed by atoms with Gasteiger partial charge in [-0.25, -0.2) is 0 Å². The number of methoxy groups -OCH3 is 1. The van der Waals surface area contributed by atoms with E-state index in [-0.39, 0.29) is 5.91 Å². The Morgan fingerprint density at radius 1 is 1.32 bits per heavy atom. The van der Waals surface area contributed by atoms with Crippen molar-refractivity contribution in [3.8, 4) is 5.75 Å². The smallest absolute Gasteiger partial charge is 0.273 e. The Hall–Kier alpha value is -2.01. The molecule has 1 amide bonds. The fraction of sp³-hybridized carbons (Fsp3) is 0.375. The molecule has 1 aromatic heterocycles. The molecule has 2 rings (SSSR count). The van der Waals surface area contributed by atoms with Crippen LogP contribution in [0.2, 0.25) is 5.02 Å². The molecule has 0 bridgehead atoms. The lowest BCUT2D eigenvalue weighted by atomic mass is 10.2. The highest BCUT2D eigenvalue weighted by Gasteiger charge is 2.22. The summed E-state index contributed by atoms with van der Waals surface area (Å²) in [6.45, 7) is 5.59. The Balaban J connectivity index is 2.19. The second kappa shape index (κ2) is 7.31. The van der Waals surface area contributed by atoms with E-state index in [4.69, 9.17) is 16.3 Å². The second-order valence-corrected chi connectivity index (χ2v) is 5.23. The Morgan fingerprint density at radius 3 is 2.55 bits per heavy atom. The van der Waals surface area contributed by atoms with E-state index in [1.165, 1.54) is 6.20 Å². The van der Waals surface area contributed by atoms with Crippen LogP contribution in [0.1, 0.15) is 29.9 Å². The standard InChI is InChI=1S/C16H20ClN3O2/c1-4-19(11-12-6-8-13(22-3)9-7-12)16(21)15-14(17)10-18-20(15)5-2/h6-10H,4-5,11H2,1-3H3. The van der Waals surface area contributed by atoms with Crippen molar-refractivity contribution in [2.24, 2.45) is 0 Å². The summed E-state index contributed by atoms with van der Waals surface area (Å²) in [5.41, 5.74) is 1.48. The van der Waals surface area contributed by atoms with E-state index in [9.17, 15) is 4.79 Å². The monoisotopic (exact) mass is 321 g/mol. The number of amides is 1. The Bertz CT molecular complexity index is 637. The molecule has 6 heteroatoms. The molecule has 0 N–H and O–H groups in total. The number of carbonyl (C=O) groups is 1. The van der Waals surface area contributed by atoms with Crippen molar-refractivity contribution in [2.75, 3.05) is 13.7 Å². The predicted octanol–water partition coefficient (Wildman–Crippen LogP) is 3.23. The highest BCUT2D eigenvalue weighted by atomic mass is 35.5. The van der Waals surface area contributed by atoms with Gasteiger partial charge in [0.05, 0.1) is 18.3 Å². The van der Waals surface area contributed by atoms with E-state index in [1.807, 2.05) is 38.1 Å². The molecule has 0 aliphatic rings. The van der Waals surface area contributed by atoms with E-state index in [0.29, 0.717) is 30.4 Å². The molecule has 22 heavy (non-hydrogen) atoms.